The number of hydrogen-bond acceptors (Lipinski definition) is 3. The van der Waals surface area contributed by atoms with Crippen molar-refractivity contribution in [2.24, 2.45) is 5.73 Å². The van der Waals surface area contributed by atoms with E-state index < -0.39 is 5.91 Å². The molecule has 0 fully saturated rings. The fourth-order valence-corrected chi connectivity index (χ4v) is 2.61. The minimum absolute atomic E-state index is 0.441. The van der Waals surface area contributed by atoms with Crippen LogP contribution in [0.2, 0.25) is 0 Å². The lowest BCUT2D eigenvalue weighted by Gasteiger charge is -2.25. The van der Waals surface area contributed by atoms with Crippen LogP contribution in [-0.4, -0.2) is 34.2 Å². The second-order valence-corrected chi connectivity index (χ2v) is 5.38. The first-order valence-electron chi connectivity index (χ1n) is 6.73. The number of carbonyl (C=O) groups is 1. The van der Waals surface area contributed by atoms with Gasteiger partial charge in [-0.05, 0) is 30.2 Å². The van der Waals surface area contributed by atoms with Crippen LogP contribution in [0.3, 0.4) is 0 Å². The van der Waals surface area contributed by atoms with Crippen LogP contribution in [0.25, 0.3) is 0 Å². The predicted octanol–water partition coefficient (Wildman–Crippen LogP) is 1.02. The summed E-state index contributed by atoms with van der Waals surface area (Å²) in [4.78, 5) is 13.4. The minimum atomic E-state index is -0.441. The topological polar surface area (TPSA) is 64.2 Å². The van der Waals surface area contributed by atoms with Crippen molar-refractivity contribution in [2.75, 3.05) is 13.6 Å². The Morgan fingerprint density at radius 3 is 3.00 bits per heavy atom. The van der Waals surface area contributed by atoms with Crippen LogP contribution in [0.4, 0.5) is 0 Å². The fourth-order valence-electron chi connectivity index (χ4n) is 2.61. The van der Waals surface area contributed by atoms with E-state index in [4.69, 9.17) is 5.73 Å². The molecule has 5 nitrogen and oxygen atoms in total. The van der Waals surface area contributed by atoms with Crippen molar-refractivity contribution < 1.29 is 4.79 Å². The summed E-state index contributed by atoms with van der Waals surface area (Å²) in [5.41, 5.74) is 9.69. The number of aromatic nitrogens is 2. The number of likely N-dealkylation sites (N-methyl/N-ethyl adjacent to an activating group) is 1. The SMILES string of the molecule is CN1CCc2ccc(Cn3cc(C(N)=O)cn3)cc2C1. The second-order valence-electron chi connectivity index (χ2n) is 5.38. The Labute approximate surface area is 118 Å². The van der Waals surface area contributed by atoms with E-state index in [0.29, 0.717) is 12.1 Å². The van der Waals surface area contributed by atoms with Crippen LogP contribution in [-0.2, 0) is 19.5 Å². The maximum Gasteiger partial charge on any atom is 0.251 e. The Morgan fingerprint density at radius 2 is 2.25 bits per heavy atom. The molecular formula is C15H18N4O. The first kappa shape index (κ1) is 12.9. The molecule has 2 N–H and O–H groups in total. The van der Waals surface area contributed by atoms with E-state index >= 15 is 0 Å². The molecule has 0 saturated heterocycles. The number of nitrogens with two attached hydrogens (primary N) is 1. The molecule has 0 saturated carbocycles. The molecule has 0 aliphatic carbocycles. The van der Waals surface area contributed by atoms with E-state index in [-0.39, 0.29) is 0 Å². The Hall–Kier alpha value is -2.14. The summed E-state index contributed by atoms with van der Waals surface area (Å²) in [6.45, 7) is 2.77. The number of amides is 1. The summed E-state index contributed by atoms with van der Waals surface area (Å²) < 4.78 is 1.74. The van der Waals surface area contributed by atoms with E-state index in [0.717, 1.165) is 19.5 Å². The molecule has 1 amide bonds. The smallest absolute Gasteiger partial charge is 0.251 e. The maximum atomic E-state index is 11.1. The van der Waals surface area contributed by atoms with Crippen molar-refractivity contribution in [2.45, 2.75) is 19.5 Å². The van der Waals surface area contributed by atoms with Crippen molar-refractivity contribution in [3.05, 3.63) is 52.8 Å². The molecule has 0 bridgehead atoms. The summed E-state index contributed by atoms with van der Waals surface area (Å²) in [6, 6.07) is 6.57. The average molecular weight is 270 g/mol. The summed E-state index contributed by atoms with van der Waals surface area (Å²) in [7, 11) is 2.14. The highest BCUT2D eigenvalue weighted by Crippen LogP contribution is 2.19. The standard InChI is InChI=1S/C15H18N4O/c1-18-5-4-12-3-2-11(6-13(12)9-18)8-19-10-14(7-17-19)15(16)20/h2-3,6-7,10H,4-5,8-9H2,1H3,(H2,16,20). The third-order valence-electron chi connectivity index (χ3n) is 3.74. The van der Waals surface area contributed by atoms with Gasteiger partial charge in [-0.1, -0.05) is 18.2 Å². The van der Waals surface area contributed by atoms with E-state index in [2.05, 4.69) is 35.2 Å². The molecule has 5 heteroatoms. The first-order valence-corrected chi connectivity index (χ1v) is 6.73. The summed E-state index contributed by atoms with van der Waals surface area (Å²) in [5.74, 6) is -0.441. The Kier molecular flexibility index (Phi) is 3.28. The quantitative estimate of drug-likeness (QED) is 0.905. The molecule has 20 heavy (non-hydrogen) atoms. The van der Waals surface area contributed by atoms with Gasteiger partial charge < -0.3 is 10.6 Å². The van der Waals surface area contributed by atoms with E-state index in [9.17, 15) is 4.79 Å². The van der Waals surface area contributed by atoms with Crippen LogP contribution in [0.15, 0.2) is 30.6 Å². The van der Waals surface area contributed by atoms with Gasteiger partial charge in [0, 0.05) is 19.3 Å². The zero-order valence-electron chi connectivity index (χ0n) is 11.5. The van der Waals surface area contributed by atoms with Gasteiger partial charge in [0.1, 0.15) is 0 Å². The second kappa shape index (κ2) is 5.09. The van der Waals surface area contributed by atoms with E-state index in [1.54, 1.807) is 10.9 Å². The fraction of sp³-hybridized carbons (Fsp3) is 0.333. The molecule has 1 aliphatic rings. The number of primary amides is 1. The molecule has 1 aromatic heterocycles. The van der Waals surface area contributed by atoms with Gasteiger partial charge in [0.15, 0.2) is 0 Å². The molecule has 1 aliphatic heterocycles. The number of carbonyl (C=O) groups excluding carboxylic acids is 1. The highest BCUT2D eigenvalue weighted by molar-refractivity contribution is 5.92. The van der Waals surface area contributed by atoms with Crippen molar-refractivity contribution in [3.8, 4) is 0 Å². The number of hydrogen-bond donors (Lipinski definition) is 1. The highest BCUT2D eigenvalue weighted by Gasteiger charge is 2.13. The maximum absolute atomic E-state index is 11.1. The highest BCUT2D eigenvalue weighted by atomic mass is 16.1. The van der Waals surface area contributed by atoms with Crippen molar-refractivity contribution in [1.82, 2.24) is 14.7 Å². The van der Waals surface area contributed by atoms with Gasteiger partial charge in [0.05, 0.1) is 18.3 Å². The van der Waals surface area contributed by atoms with Gasteiger partial charge in [-0.15, -0.1) is 0 Å². The van der Waals surface area contributed by atoms with Crippen LogP contribution in [0.1, 0.15) is 27.0 Å². The Morgan fingerprint density at radius 1 is 1.40 bits per heavy atom. The number of rotatable bonds is 3. The van der Waals surface area contributed by atoms with E-state index in [1.165, 1.54) is 22.9 Å². The largest absolute Gasteiger partial charge is 0.366 e. The lowest BCUT2D eigenvalue weighted by molar-refractivity contribution is 0.1000. The Bertz CT molecular complexity index is 647. The summed E-state index contributed by atoms with van der Waals surface area (Å²) >= 11 is 0. The molecule has 0 atom stereocenters. The van der Waals surface area contributed by atoms with Crippen LogP contribution >= 0.6 is 0 Å². The van der Waals surface area contributed by atoms with Gasteiger partial charge in [-0.25, -0.2) is 0 Å². The van der Waals surface area contributed by atoms with Crippen molar-refractivity contribution in [1.29, 1.82) is 0 Å². The lowest BCUT2D eigenvalue weighted by atomic mass is 9.98. The van der Waals surface area contributed by atoms with Gasteiger partial charge in [0.2, 0.25) is 0 Å². The molecule has 104 valence electrons. The minimum Gasteiger partial charge on any atom is -0.366 e. The molecule has 0 radical (unpaired) electrons. The van der Waals surface area contributed by atoms with Gasteiger partial charge >= 0.3 is 0 Å². The molecule has 2 aromatic rings. The predicted molar refractivity (Wildman–Crippen MR) is 76.3 cm³/mol. The summed E-state index contributed by atoms with van der Waals surface area (Å²) in [6.07, 6.45) is 4.31. The molecular weight excluding hydrogens is 252 g/mol. The monoisotopic (exact) mass is 270 g/mol. The molecule has 0 unspecified atom stereocenters. The zero-order valence-corrected chi connectivity index (χ0v) is 11.5. The Balaban J connectivity index is 1.80. The third kappa shape index (κ3) is 2.58. The number of nitrogens with zero attached hydrogens (tertiary/aromatic N) is 3. The van der Waals surface area contributed by atoms with Crippen LogP contribution in [0, 0.1) is 0 Å². The van der Waals surface area contributed by atoms with Gasteiger partial charge in [-0.3, -0.25) is 9.48 Å². The van der Waals surface area contributed by atoms with Crippen molar-refractivity contribution >= 4 is 5.91 Å². The van der Waals surface area contributed by atoms with E-state index in [1.807, 2.05) is 0 Å². The van der Waals surface area contributed by atoms with Crippen LogP contribution in [0.5, 0.6) is 0 Å². The molecule has 3 rings (SSSR count). The molecule has 1 aromatic carbocycles. The molecule has 2 heterocycles. The average Bonchev–Trinajstić information content (AvgIpc) is 2.87. The van der Waals surface area contributed by atoms with Gasteiger partial charge in [-0.2, -0.15) is 5.10 Å². The lowest BCUT2D eigenvalue weighted by Crippen LogP contribution is -2.26. The summed E-state index contributed by atoms with van der Waals surface area (Å²) in [5, 5.41) is 4.17. The molecule has 0 spiro atoms. The normalized spacial score (nSPS) is 15.1. The van der Waals surface area contributed by atoms with Crippen molar-refractivity contribution in [3.63, 3.8) is 0 Å². The van der Waals surface area contributed by atoms with Crippen LogP contribution < -0.4 is 5.73 Å². The third-order valence-corrected chi connectivity index (χ3v) is 3.74. The van der Waals surface area contributed by atoms with Gasteiger partial charge in [0.25, 0.3) is 5.91 Å². The number of benzene rings is 1. The number of fused-ring (bicyclic) bond motifs is 1. The first-order chi connectivity index (χ1) is 9.61. The zero-order chi connectivity index (χ0) is 14.1.